The Bertz CT molecular complexity index is 676. The van der Waals surface area contributed by atoms with Crippen molar-refractivity contribution in [1.82, 2.24) is 15.3 Å². The molecule has 0 aromatic carbocycles. The molecule has 1 saturated heterocycles. The summed E-state index contributed by atoms with van der Waals surface area (Å²) in [5.41, 5.74) is 0.198. The van der Waals surface area contributed by atoms with Crippen LogP contribution in [0.25, 0.3) is 0 Å². The topological polar surface area (TPSA) is 90.4 Å². The molecule has 3 aliphatic rings. The summed E-state index contributed by atoms with van der Waals surface area (Å²) in [6, 6.07) is 0.182. The first-order valence-electron chi connectivity index (χ1n) is 9.98. The molecule has 0 spiro atoms. The van der Waals surface area contributed by atoms with Crippen molar-refractivity contribution < 1.29 is 9.90 Å². The summed E-state index contributed by atoms with van der Waals surface area (Å²) in [5.74, 6) is 1.36. The van der Waals surface area contributed by atoms with Crippen LogP contribution in [0.5, 0.6) is 0 Å². The van der Waals surface area contributed by atoms with Gasteiger partial charge in [0.2, 0.25) is 11.9 Å². The van der Waals surface area contributed by atoms with Crippen LogP contribution in [0.4, 0.5) is 11.8 Å². The molecule has 1 saturated carbocycles. The zero-order valence-electron chi connectivity index (χ0n) is 15.5. The van der Waals surface area contributed by atoms with Crippen LogP contribution in [0.2, 0.25) is 0 Å². The minimum absolute atomic E-state index is 0.0720. The number of fused-ring (bicyclic) bond motifs is 1. The Hall–Kier alpha value is -1.73. The second kappa shape index (κ2) is 7.12. The van der Waals surface area contributed by atoms with E-state index in [0.717, 1.165) is 50.8 Å². The lowest BCUT2D eigenvalue weighted by molar-refractivity contribution is -0.120. The van der Waals surface area contributed by atoms with Gasteiger partial charge in [0.25, 0.3) is 0 Å². The summed E-state index contributed by atoms with van der Waals surface area (Å²) in [7, 11) is 0. The van der Waals surface area contributed by atoms with E-state index in [9.17, 15) is 9.90 Å². The zero-order valence-corrected chi connectivity index (χ0v) is 15.5. The van der Waals surface area contributed by atoms with E-state index in [2.05, 4.69) is 15.6 Å². The standard InChI is InChI=1S/C19H29N5O2/c1-2-19(26)9-3-4-15(19)24-16(25)6-5-13-12-21-18(23-17(13)24)22-14-7-10-20-11-8-14/h12,14-15,20,26H,2-11H2,1H3,(H,21,22,23). The normalized spacial score (nSPS) is 29.7. The van der Waals surface area contributed by atoms with Gasteiger partial charge in [-0.3, -0.25) is 9.69 Å². The number of hydrogen-bond donors (Lipinski definition) is 3. The molecular weight excluding hydrogens is 330 g/mol. The summed E-state index contributed by atoms with van der Waals surface area (Å²) in [6.07, 6.45) is 8.26. The molecule has 7 nitrogen and oxygen atoms in total. The quantitative estimate of drug-likeness (QED) is 0.757. The van der Waals surface area contributed by atoms with Gasteiger partial charge in [-0.15, -0.1) is 0 Å². The van der Waals surface area contributed by atoms with Crippen LogP contribution >= 0.6 is 0 Å². The monoisotopic (exact) mass is 359 g/mol. The van der Waals surface area contributed by atoms with E-state index in [1.807, 2.05) is 13.1 Å². The number of aryl methyl sites for hydroxylation is 1. The summed E-state index contributed by atoms with van der Waals surface area (Å²) in [5, 5.41) is 17.8. The van der Waals surface area contributed by atoms with E-state index in [1.165, 1.54) is 0 Å². The summed E-state index contributed by atoms with van der Waals surface area (Å²) < 4.78 is 0. The number of hydrogen-bond acceptors (Lipinski definition) is 6. The van der Waals surface area contributed by atoms with E-state index < -0.39 is 5.60 Å². The minimum Gasteiger partial charge on any atom is -0.388 e. The fraction of sp³-hybridized carbons (Fsp3) is 0.737. The molecule has 0 radical (unpaired) electrons. The Morgan fingerprint density at radius 2 is 2.15 bits per heavy atom. The average molecular weight is 359 g/mol. The van der Waals surface area contributed by atoms with Gasteiger partial charge in [0.15, 0.2) is 0 Å². The fourth-order valence-corrected chi connectivity index (χ4v) is 4.62. The van der Waals surface area contributed by atoms with Crippen molar-refractivity contribution in [1.29, 1.82) is 0 Å². The van der Waals surface area contributed by atoms with Gasteiger partial charge in [0.05, 0.1) is 11.6 Å². The van der Waals surface area contributed by atoms with Gasteiger partial charge in [0, 0.05) is 24.2 Å². The van der Waals surface area contributed by atoms with Crippen LogP contribution in [0.15, 0.2) is 6.20 Å². The predicted molar refractivity (Wildman–Crippen MR) is 100 cm³/mol. The maximum absolute atomic E-state index is 12.8. The molecule has 2 atom stereocenters. The van der Waals surface area contributed by atoms with Crippen LogP contribution in [-0.2, 0) is 11.2 Å². The number of carbonyl (C=O) groups excluding carboxylic acids is 1. The van der Waals surface area contributed by atoms with Crippen molar-refractivity contribution in [3.63, 3.8) is 0 Å². The highest BCUT2D eigenvalue weighted by molar-refractivity contribution is 5.96. The number of amides is 1. The molecule has 2 unspecified atom stereocenters. The maximum atomic E-state index is 12.8. The third kappa shape index (κ3) is 3.18. The molecule has 4 rings (SSSR count). The van der Waals surface area contributed by atoms with Crippen molar-refractivity contribution in [3.8, 4) is 0 Å². The summed E-state index contributed by atoms with van der Waals surface area (Å²) in [6.45, 7) is 4.00. The molecule has 1 amide bonds. The van der Waals surface area contributed by atoms with Crippen molar-refractivity contribution in [2.24, 2.45) is 0 Å². The van der Waals surface area contributed by atoms with Gasteiger partial charge < -0.3 is 15.7 Å². The van der Waals surface area contributed by atoms with Gasteiger partial charge in [-0.2, -0.15) is 4.98 Å². The predicted octanol–water partition coefficient (Wildman–Crippen LogP) is 1.61. The Balaban J connectivity index is 1.63. The third-order valence-electron chi connectivity index (χ3n) is 6.25. The fourth-order valence-electron chi connectivity index (χ4n) is 4.62. The molecule has 1 aromatic rings. The molecule has 2 aliphatic heterocycles. The summed E-state index contributed by atoms with van der Waals surface area (Å²) in [4.78, 5) is 23.8. The second-order valence-electron chi connectivity index (χ2n) is 7.84. The molecule has 3 heterocycles. The average Bonchev–Trinajstić information content (AvgIpc) is 3.04. The number of carbonyl (C=O) groups is 1. The van der Waals surface area contributed by atoms with E-state index >= 15 is 0 Å². The number of aliphatic hydroxyl groups is 1. The number of nitrogens with one attached hydrogen (secondary N) is 2. The van der Waals surface area contributed by atoms with Crippen molar-refractivity contribution >= 4 is 17.7 Å². The highest BCUT2D eigenvalue weighted by atomic mass is 16.3. The van der Waals surface area contributed by atoms with Gasteiger partial charge in [-0.05, 0) is 58.0 Å². The molecule has 2 fully saturated rings. The Labute approximate surface area is 154 Å². The minimum atomic E-state index is -0.808. The number of piperidine rings is 1. The number of aromatic nitrogens is 2. The van der Waals surface area contributed by atoms with Gasteiger partial charge in [-0.25, -0.2) is 4.98 Å². The van der Waals surface area contributed by atoms with Gasteiger partial charge in [0.1, 0.15) is 5.82 Å². The second-order valence-corrected chi connectivity index (χ2v) is 7.84. The SMILES string of the molecule is CCC1(O)CCCC1N1C(=O)CCc2cnc(NC3CCNCC3)nc21. The molecule has 3 N–H and O–H groups in total. The number of nitrogens with zero attached hydrogens (tertiary/aromatic N) is 3. The first-order chi connectivity index (χ1) is 12.6. The summed E-state index contributed by atoms with van der Waals surface area (Å²) >= 11 is 0. The maximum Gasteiger partial charge on any atom is 0.228 e. The largest absolute Gasteiger partial charge is 0.388 e. The Morgan fingerprint density at radius 1 is 1.35 bits per heavy atom. The molecule has 0 bridgehead atoms. The molecule has 1 aliphatic carbocycles. The van der Waals surface area contributed by atoms with Crippen molar-refractivity contribution in [2.75, 3.05) is 23.3 Å². The van der Waals surface area contributed by atoms with E-state index in [0.29, 0.717) is 37.1 Å². The lowest BCUT2D eigenvalue weighted by Crippen LogP contribution is -2.53. The van der Waals surface area contributed by atoms with Crippen molar-refractivity contribution in [3.05, 3.63) is 11.8 Å². The highest BCUT2D eigenvalue weighted by Crippen LogP contribution is 2.40. The Morgan fingerprint density at radius 3 is 2.92 bits per heavy atom. The van der Waals surface area contributed by atoms with Crippen LogP contribution in [0, 0.1) is 0 Å². The smallest absolute Gasteiger partial charge is 0.228 e. The van der Waals surface area contributed by atoms with Crippen LogP contribution in [0.1, 0.15) is 57.4 Å². The lowest BCUT2D eigenvalue weighted by atomic mass is 9.91. The number of anilines is 2. The zero-order chi connectivity index (χ0) is 18.1. The third-order valence-corrected chi connectivity index (χ3v) is 6.25. The van der Waals surface area contributed by atoms with Crippen LogP contribution in [0.3, 0.4) is 0 Å². The van der Waals surface area contributed by atoms with E-state index in [4.69, 9.17) is 4.98 Å². The molecule has 7 heteroatoms. The van der Waals surface area contributed by atoms with Crippen LogP contribution in [-0.4, -0.2) is 51.8 Å². The van der Waals surface area contributed by atoms with Crippen LogP contribution < -0.4 is 15.5 Å². The van der Waals surface area contributed by atoms with Gasteiger partial charge >= 0.3 is 0 Å². The Kier molecular flexibility index (Phi) is 4.84. The lowest BCUT2D eigenvalue weighted by Gasteiger charge is -2.40. The molecular formula is C19H29N5O2. The van der Waals surface area contributed by atoms with Gasteiger partial charge in [-0.1, -0.05) is 6.92 Å². The molecule has 1 aromatic heterocycles. The molecule has 26 heavy (non-hydrogen) atoms. The first-order valence-corrected chi connectivity index (χ1v) is 9.98. The molecule has 142 valence electrons. The first kappa shape index (κ1) is 17.7. The van der Waals surface area contributed by atoms with E-state index in [1.54, 1.807) is 4.90 Å². The van der Waals surface area contributed by atoms with E-state index in [-0.39, 0.29) is 11.9 Å². The number of rotatable bonds is 4. The highest BCUT2D eigenvalue weighted by Gasteiger charge is 2.47. The van der Waals surface area contributed by atoms with Crippen molar-refractivity contribution in [2.45, 2.75) is 76.0 Å².